The van der Waals surface area contributed by atoms with E-state index in [1.165, 1.54) is 47.7 Å². The third-order valence-corrected chi connectivity index (χ3v) is 5.77. The molecule has 0 aliphatic heterocycles. The van der Waals surface area contributed by atoms with E-state index in [1.54, 1.807) is 41.8 Å². The Morgan fingerprint density at radius 2 is 1.55 bits per heavy atom. The molecule has 33 heavy (non-hydrogen) atoms. The highest BCUT2D eigenvalue weighted by Crippen LogP contribution is 2.20. The molecular formula is C25H20F3N3OS. The Bertz CT molecular complexity index is 1240. The molecule has 0 saturated carbocycles. The summed E-state index contributed by atoms with van der Waals surface area (Å²) < 4.78 is 41.4. The van der Waals surface area contributed by atoms with Crippen molar-refractivity contribution in [3.8, 4) is 0 Å². The van der Waals surface area contributed by atoms with E-state index < -0.39 is 11.7 Å². The summed E-state index contributed by atoms with van der Waals surface area (Å²) >= 11 is 1.29. The van der Waals surface area contributed by atoms with Crippen molar-refractivity contribution >= 4 is 22.9 Å². The third kappa shape index (κ3) is 6.06. The number of amides is 1. The Morgan fingerprint density at radius 3 is 2.27 bits per heavy atom. The fourth-order valence-corrected chi connectivity index (χ4v) is 4.13. The standard InChI is InChI=1S/C25H20F3N3OS/c26-19-11-9-17(10-12-19)13-31(14-18-5-1-2-6-20(18)27)15-24-29-23(16-33-24)25(32)30-22-8-4-3-7-21(22)28/h1-12,16H,13-15H2,(H,30,32). The van der Waals surface area contributed by atoms with E-state index in [4.69, 9.17) is 0 Å². The molecule has 0 unspecified atom stereocenters. The van der Waals surface area contributed by atoms with Gasteiger partial charge in [-0.1, -0.05) is 42.5 Å². The number of nitrogens with zero attached hydrogens (tertiary/aromatic N) is 2. The van der Waals surface area contributed by atoms with Gasteiger partial charge >= 0.3 is 0 Å². The number of hydrogen-bond donors (Lipinski definition) is 1. The first-order valence-electron chi connectivity index (χ1n) is 10.2. The molecule has 0 radical (unpaired) electrons. The van der Waals surface area contributed by atoms with Crippen LogP contribution in [0, 0.1) is 17.5 Å². The maximum atomic E-state index is 14.3. The van der Waals surface area contributed by atoms with Gasteiger partial charge in [0.15, 0.2) is 0 Å². The van der Waals surface area contributed by atoms with Crippen LogP contribution in [-0.4, -0.2) is 15.8 Å². The van der Waals surface area contributed by atoms with Crippen LogP contribution in [0.3, 0.4) is 0 Å². The normalized spacial score (nSPS) is 11.0. The van der Waals surface area contributed by atoms with Crippen molar-refractivity contribution in [1.29, 1.82) is 0 Å². The van der Waals surface area contributed by atoms with Crippen molar-refractivity contribution in [2.75, 3.05) is 5.32 Å². The van der Waals surface area contributed by atoms with Gasteiger partial charge in [0.1, 0.15) is 28.2 Å². The van der Waals surface area contributed by atoms with Crippen LogP contribution in [0.15, 0.2) is 78.2 Å². The molecule has 0 saturated heterocycles. The smallest absolute Gasteiger partial charge is 0.275 e. The lowest BCUT2D eigenvalue weighted by Gasteiger charge is -2.22. The highest BCUT2D eigenvalue weighted by atomic mass is 32.1. The van der Waals surface area contributed by atoms with Gasteiger partial charge in [-0.25, -0.2) is 18.2 Å². The van der Waals surface area contributed by atoms with Crippen molar-refractivity contribution in [1.82, 2.24) is 9.88 Å². The molecule has 0 spiro atoms. The van der Waals surface area contributed by atoms with E-state index in [0.29, 0.717) is 30.2 Å². The van der Waals surface area contributed by atoms with Crippen LogP contribution in [0.1, 0.15) is 26.6 Å². The second kappa shape index (κ2) is 10.4. The van der Waals surface area contributed by atoms with Crippen LogP contribution in [0.2, 0.25) is 0 Å². The van der Waals surface area contributed by atoms with Gasteiger partial charge in [-0.05, 0) is 35.9 Å². The summed E-state index contributed by atoms with van der Waals surface area (Å²) in [6.07, 6.45) is 0. The summed E-state index contributed by atoms with van der Waals surface area (Å²) in [5.74, 6) is -1.69. The lowest BCUT2D eigenvalue weighted by molar-refractivity contribution is 0.102. The SMILES string of the molecule is O=C(Nc1ccccc1F)c1csc(CN(Cc2ccc(F)cc2)Cc2ccccc2F)n1. The monoisotopic (exact) mass is 467 g/mol. The summed E-state index contributed by atoms with van der Waals surface area (Å²) in [6.45, 7) is 1.09. The summed E-state index contributed by atoms with van der Waals surface area (Å²) in [4.78, 5) is 18.8. The molecule has 0 fully saturated rings. The Hall–Kier alpha value is -3.49. The number of benzene rings is 3. The maximum Gasteiger partial charge on any atom is 0.275 e. The molecule has 168 valence electrons. The van der Waals surface area contributed by atoms with Gasteiger partial charge in [0.25, 0.3) is 5.91 Å². The average molecular weight is 468 g/mol. The molecule has 0 atom stereocenters. The van der Waals surface area contributed by atoms with E-state index in [-0.39, 0.29) is 23.0 Å². The second-order valence-electron chi connectivity index (χ2n) is 7.42. The van der Waals surface area contributed by atoms with Crippen LogP contribution in [0.5, 0.6) is 0 Å². The fourth-order valence-electron chi connectivity index (χ4n) is 3.31. The van der Waals surface area contributed by atoms with E-state index in [0.717, 1.165) is 5.56 Å². The van der Waals surface area contributed by atoms with Crippen LogP contribution < -0.4 is 5.32 Å². The summed E-state index contributed by atoms with van der Waals surface area (Å²) in [6, 6.07) is 18.5. The minimum absolute atomic E-state index is 0.0783. The second-order valence-corrected chi connectivity index (χ2v) is 8.37. The highest BCUT2D eigenvalue weighted by molar-refractivity contribution is 7.09. The number of nitrogens with one attached hydrogen (secondary N) is 1. The molecule has 0 aliphatic rings. The summed E-state index contributed by atoms with van der Waals surface area (Å²) in [5.41, 5.74) is 1.64. The quantitative estimate of drug-likeness (QED) is 0.345. The number of thiazole rings is 1. The molecule has 3 aromatic carbocycles. The number of hydrogen-bond acceptors (Lipinski definition) is 4. The van der Waals surface area contributed by atoms with Crippen LogP contribution in [0.25, 0.3) is 0 Å². The number of anilines is 1. The maximum absolute atomic E-state index is 14.3. The van der Waals surface area contributed by atoms with Crippen molar-refractivity contribution in [2.45, 2.75) is 19.6 Å². The van der Waals surface area contributed by atoms with Crippen molar-refractivity contribution in [3.63, 3.8) is 0 Å². The lowest BCUT2D eigenvalue weighted by Crippen LogP contribution is -2.23. The number of carbonyl (C=O) groups excluding carboxylic acids is 1. The molecular weight excluding hydrogens is 447 g/mol. The van der Waals surface area contributed by atoms with E-state index >= 15 is 0 Å². The first kappa shape index (κ1) is 22.7. The lowest BCUT2D eigenvalue weighted by atomic mass is 10.1. The molecule has 8 heteroatoms. The van der Waals surface area contributed by atoms with Crippen LogP contribution >= 0.6 is 11.3 Å². The molecule has 1 amide bonds. The Kier molecular flexibility index (Phi) is 7.16. The van der Waals surface area contributed by atoms with Gasteiger partial charge in [-0.15, -0.1) is 11.3 Å². The number of carbonyl (C=O) groups is 1. The average Bonchev–Trinajstić information content (AvgIpc) is 3.27. The number of para-hydroxylation sites is 1. The Labute approximate surface area is 193 Å². The molecule has 1 N–H and O–H groups in total. The minimum atomic E-state index is -0.531. The van der Waals surface area contributed by atoms with E-state index in [1.807, 2.05) is 4.90 Å². The van der Waals surface area contributed by atoms with Gasteiger partial charge in [0.2, 0.25) is 0 Å². The molecule has 1 aromatic heterocycles. The summed E-state index contributed by atoms with van der Waals surface area (Å²) in [5, 5.41) is 4.76. The molecule has 4 rings (SSSR count). The highest BCUT2D eigenvalue weighted by Gasteiger charge is 2.16. The molecule has 0 aliphatic carbocycles. The first-order valence-corrected chi connectivity index (χ1v) is 11.1. The Morgan fingerprint density at radius 1 is 0.848 bits per heavy atom. The van der Waals surface area contributed by atoms with E-state index in [2.05, 4.69) is 10.3 Å². The predicted octanol–water partition coefficient (Wildman–Crippen LogP) is 6.02. The summed E-state index contributed by atoms with van der Waals surface area (Å²) in [7, 11) is 0. The zero-order chi connectivity index (χ0) is 23.2. The molecule has 0 bridgehead atoms. The Balaban J connectivity index is 1.50. The zero-order valence-electron chi connectivity index (χ0n) is 17.5. The van der Waals surface area contributed by atoms with Gasteiger partial charge in [0.05, 0.1) is 12.2 Å². The largest absolute Gasteiger partial charge is 0.318 e. The first-order chi connectivity index (χ1) is 16.0. The predicted molar refractivity (Wildman–Crippen MR) is 122 cm³/mol. The minimum Gasteiger partial charge on any atom is -0.318 e. The van der Waals surface area contributed by atoms with Crippen LogP contribution in [-0.2, 0) is 19.6 Å². The molecule has 4 aromatic rings. The van der Waals surface area contributed by atoms with Crippen molar-refractivity contribution in [2.24, 2.45) is 0 Å². The van der Waals surface area contributed by atoms with Gasteiger partial charge in [-0.2, -0.15) is 0 Å². The number of aromatic nitrogens is 1. The fraction of sp³-hybridized carbons (Fsp3) is 0.120. The van der Waals surface area contributed by atoms with Gasteiger partial charge in [0, 0.05) is 24.0 Å². The topological polar surface area (TPSA) is 45.2 Å². The molecule has 4 nitrogen and oxygen atoms in total. The van der Waals surface area contributed by atoms with Crippen molar-refractivity contribution < 1.29 is 18.0 Å². The third-order valence-electron chi connectivity index (χ3n) is 4.94. The number of halogens is 3. The van der Waals surface area contributed by atoms with Gasteiger partial charge < -0.3 is 5.32 Å². The van der Waals surface area contributed by atoms with Gasteiger partial charge in [-0.3, -0.25) is 9.69 Å². The zero-order valence-corrected chi connectivity index (χ0v) is 18.3. The van der Waals surface area contributed by atoms with Crippen LogP contribution in [0.4, 0.5) is 18.9 Å². The van der Waals surface area contributed by atoms with E-state index in [9.17, 15) is 18.0 Å². The molecule has 1 heterocycles. The number of rotatable bonds is 8. The van der Waals surface area contributed by atoms with Crippen molar-refractivity contribution in [3.05, 3.63) is 117 Å².